The first-order valence-electron chi connectivity index (χ1n) is 12.9. The molecule has 1 heterocycles. The molecule has 1 unspecified atom stereocenters. The zero-order chi connectivity index (χ0) is 29.9. The Morgan fingerprint density at radius 2 is 1.80 bits per heavy atom. The van der Waals surface area contributed by atoms with Crippen LogP contribution in [0.1, 0.15) is 31.4 Å². The summed E-state index contributed by atoms with van der Waals surface area (Å²) in [5, 5.41) is 26.1. The van der Waals surface area contributed by atoms with E-state index in [2.05, 4.69) is 26.2 Å². The smallest absolute Gasteiger partial charge is 0.305 e. The van der Waals surface area contributed by atoms with Crippen LogP contribution < -0.4 is 15.4 Å². The van der Waals surface area contributed by atoms with Crippen molar-refractivity contribution in [2.24, 2.45) is 13.0 Å². The first-order chi connectivity index (χ1) is 19.6. The molecule has 12 nitrogen and oxygen atoms in total. The number of aryl methyl sites for hydroxylation is 1. The number of hydrogen-bond donors (Lipinski definition) is 3. The normalized spacial score (nSPS) is 12.4. The highest BCUT2D eigenvalue weighted by Gasteiger charge is 2.30. The van der Waals surface area contributed by atoms with Crippen molar-refractivity contribution in [2.75, 3.05) is 12.9 Å². The van der Waals surface area contributed by atoms with Crippen molar-refractivity contribution in [3.8, 4) is 17.1 Å². The number of ketones is 1. The molecule has 3 rings (SSSR count). The van der Waals surface area contributed by atoms with Crippen LogP contribution in [0.5, 0.6) is 5.75 Å². The predicted molar refractivity (Wildman–Crippen MR) is 153 cm³/mol. The number of carbonyl (C=O) groups excluding carboxylic acids is 3. The average Bonchev–Trinajstić information content (AvgIpc) is 3.37. The second kappa shape index (κ2) is 14.9. The Morgan fingerprint density at radius 3 is 2.41 bits per heavy atom. The summed E-state index contributed by atoms with van der Waals surface area (Å²) in [4.78, 5) is 50.6. The lowest BCUT2D eigenvalue weighted by molar-refractivity contribution is -0.140. The first kappa shape index (κ1) is 31.3. The fourth-order valence-electron chi connectivity index (χ4n) is 4.09. The van der Waals surface area contributed by atoms with Gasteiger partial charge in [-0.25, -0.2) is 4.68 Å². The molecule has 0 aliphatic rings. The number of hydrogen-bond acceptors (Lipinski definition) is 9. The van der Waals surface area contributed by atoms with Crippen molar-refractivity contribution in [3.63, 3.8) is 0 Å². The highest BCUT2D eigenvalue weighted by atomic mass is 32.2. The predicted octanol–water partition coefficient (Wildman–Crippen LogP) is 2.03. The topological polar surface area (TPSA) is 165 Å². The maximum atomic E-state index is 13.2. The van der Waals surface area contributed by atoms with Gasteiger partial charge in [-0.05, 0) is 40.1 Å². The molecule has 1 aromatic heterocycles. The number of methoxy groups -OCH3 is 1. The van der Waals surface area contributed by atoms with Crippen LogP contribution in [0.3, 0.4) is 0 Å². The van der Waals surface area contributed by atoms with Gasteiger partial charge in [-0.3, -0.25) is 19.2 Å². The average molecular weight is 583 g/mol. The molecule has 0 aliphatic heterocycles. The largest absolute Gasteiger partial charge is 0.496 e. The summed E-state index contributed by atoms with van der Waals surface area (Å²) >= 11 is 1.34. The van der Waals surface area contributed by atoms with Crippen LogP contribution in [-0.2, 0) is 38.4 Å². The molecule has 0 spiro atoms. The highest BCUT2D eigenvalue weighted by Crippen LogP contribution is 2.25. The number of tetrazole rings is 1. The lowest BCUT2D eigenvalue weighted by Gasteiger charge is -2.25. The van der Waals surface area contributed by atoms with Gasteiger partial charge in [-0.2, -0.15) is 0 Å². The highest BCUT2D eigenvalue weighted by molar-refractivity contribution is 7.99. The number of nitrogens with zero attached hydrogens (tertiary/aromatic N) is 4. The number of ether oxygens (including phenoxy) is 1. The van der Waals surface area contributed by atoms with Gasteiger partial charge in [-0.1, -0.05) is 44.2 Å². The maximum Gasteiger partial charge on any atom is 0.305 e. The summed E-state index contributed by atoms with van der Waals surface area (Å²) in [5.41, 5.74) is 2.27. The molecule has 2 atom stereocenters. The molecule has 13 heteroatoms. The van der Waals surface area contributed by atoms with Gasteiger partial charge < -0.3 is 20.5 Å². The maximum absolute atomic E-state index is 13.2. The van der Waals surface area contributed by atoms with Crippen molar-refractivity contribution in [1.29, 1.82) is 0 Å². The summed E-state index contributed by atoms with van der Waals surface area (Å²) < 4.78 is 6.91. The van der Waals surface area contributed by atoms with E-state index in [1.54, 1.807) is 39.1 Å². The van der Waals surface area contributed by atoms with Crippen LogP contribution >= 0.6 is 11.8 Å². The molecule has 0 radical (unpaired) electrons. The number of nitrogens with one attached hydrogen (secondary N) is 2. The molecular formula is C28H34N6O6S. The molecule has 3 N–H and O–H groups in total. The zero-order valence-corrected chi connectivity index (χ0v) is 24.2. The van der Waals surface area contributed by atoms with Gasteiger partial charge >= 0.3 is 5.97 Å². The minimum atomic E-state index is -1.22. The molecule has 0 bridgehead atoms. The summed E-state index contributed by atoms with van der Waals surface area (Å²) in [6.45, 7) is 3.49. The third-order valence-electron chi connectivity index (χ3n) is 6.22. The van der Waals surface area contributed by atoms with E-state index in [0.29, 0.717) is 28.5 Å². The van der Waals surface area contributed by atoms with Crippen molar-refractivity contribution in [1.82, 2.24) is 30.8 Å². The zero-order valence-electron chi connectivity index (χ0n) is 23.4. The van der Waals surface area contributed by atoms with Crippen molar-refractivity contribution in [2.45, 2.75) is 44.5 Å². The number of aliphatic carboxylic acids is 1. The monoisotopic (exact) mass is 582 g/mol. The fourth-order valence-corrected chi connectivity index (χ4v) is 5.02. The van der Waals surface area contributed by atoms with Gasteiger partial charge in [-0.15, -0.1) is 16.9 Å². The number of thioether (sulfide) groups is 1. The Labute approximate surface area is 242 Å². The Balaban J connectivity index is 1.67. The van der Waals surface area contributed by atoms with Crippen molar-refractivity contribution >= 4 is 35.3 Å². The quantitative estimate of drug-likeness (QED) is 0.241. The van der Waals surface area contributed by atoms with E-state index in [1.165, 1.54) is 23.6 Å². The van der Waals surface area contributed by atoms with Gasteiger partial charge in [0.05, 0.1) is 31.7 Å². The second-order valence-corrected chi connectivity index (χ2v) is 10.7. The number of carboxylic acids is 1. The van der Waals surface area contributed by atoms with Gasteiger partial charge in [0.2, 0.25) is 11.8 Å². The molecule has 0 saturated heterocycles. The second-order valence-electron chi connectivity index (χ2n) is 9.72. The molecule has 0 saturated carbocycles. The number of aromatic nitrogens is 4. The van der Waals surface area contributed by atoms with Crippen molar-refractivity contribution in [3.05, 3.63) is 59.7 Å². The number of carbonyl (C=O) groups is 4. The lowest BCUT2D eigenvalue weighted by atomic mass is 10.0. The molecule has 41 heavy (non-hydrogen) atoms. The third kappa shape index (κ3) is 9.13. The van der Waals surface area contributed by atoms with E-state index in [0.717, 1.165) is 5.56 Å². The summed E-state index contributed by atoms with van der Waals surface area (Å²) in [6.07, 6.45) is -0.664. The van der Waals surface area contributed by atoms with Crippen LogP contribution in [0, 0.1) is 5.92 Å². The number of carboxylic acid groups (broad SMARTS) is 1. The molecule has 2 amide bonds. The van der Waals surface area contributed by atoms with E-state index in [9.17, 15) is 24.3 Å². The Kier molecular flexibility index (Phi) is 11.4. The van der Waals surface area contributed by atoms with Crippen LogP contribution in [0.15, 0.2) is 48.5 Å². The van der Waals surface area contributed by atoms with Crippen LogP contribution in [0.4, 0.5) is 0 Å². The van der Waals surface area contributed by atoms with E-state index in [-0.39, 0.29) is 18.1 Å². The summed E-state index contributed by atoms with van der Waals surface area (Å²) in [6, 6.07) is 12.5. The van der Waals surface area contributed by atoms with E-state index >= 15 is 0 Å². The number of Topliss-reactive ketones (excluding diaryl/α,β-unsaturated/α-hetero) is 1. The number of rotatable bonds is 15. The Bertz CT molecular complexity index is 1360. The third-order valence-corrected chi connectivity index (χ3v) is 7.24. The molecule has 2 aromatic carbocycles. The van der Waals surface area contributed by atoms with Gasteiger partial charge in [0.15, 0.2) is 11.6 Å². The van der Waals surface area contributed by atoms with E-state index in [1.807, 2.05) is 30.3 Å². The van der Waals surface area contributed by atoms with Crippen LogP contribution in [0.25, 0.3) is 11.4 Å². The first-order valence-corrected chi connectivity index (χ1v) is 14.1. The molecular weight excluding hydrogens is 548 g/mol. The number of amides is 2. The van der Waals surface area contributed by atoms with Crippen molar-refractivity contribution < 1.29 is 29.0 Å². The molecule has 3 aromatic rings. The van der Waals surface area contributed by atoms with Gasteiger partial charge in [0.1, 0.15) is 11.8 Å². The van der Waals surface area contributed by atoms with Gasteiger partial charge in [0, 0.05) is 23.9 Å². The molecule has 218 valence electrons. The van der Waals surface area contributed by atoms with Crippen LogP contribution in [0.2, 0.25) is 0 Å². The minimum Gasteiger partial charge on any atom is -0.496 e. The molecule has 0 aliphatic carbocycles. The molecule has 0 fully saturated rings. The fraction of sp³-hybridized carbons (Fsp3) is 0.393. The minimum absolute atomic E-state index is 0.0308. The standard InChI is InChI=1S/C28H34N6O6S/c1-17(2)26(28(39)29-21(14-25(37)38)22(35)16-41-15-18-8-6-5-7-9-18)30-24(36)13-20-12-19(10-11-23(20)40-4)27-31-32-33-34(27)3/h5-12,17,21,26H,13-16H2,1-4H3,(H,29,39)(H,30,36)(H,37,38)/t21?,26-/m0/s1. The Hall–Kier alpha value is -4.26. The lowest BCUT2D eigenvalue weighted by Crippen LogP contribution is -2.54. The van der Waals surface area contributed by atoms with E-state index < -0.39 is 42.1 Å². The van der Waals surface area contributed by atoms with E-state index in [4.69, 9.17) is 4.74 Å². The SMILES string of the molecule is COc1ccc(-c2nnnn2C)cc1CC(=O)N[C@H](C(=O)NC(CC(=O)O)C(=O)CSCc1ccccc1)C(C)C. The summed E-state index contributed by atoms with van der Waals surface area (Å²) in [5.74, 6) is -1.47. The Morgan fingerprint density at radius 1 is 1.07 bits per heavy atom. The van der Waals surface area contributed by atoms with Crippen LogP contribution in [-0.4, -0.2) is 73.8 Å². The summed E-state index contributed by atoms with van der Waals surface area (Å²) in [7, 11) is 3.19. The number of benzene rings is 2. The van der Waals surface area contributed by atoms with Gasteiger partial charge in [0.25, 0.3) is 0 Å².